The molecule has 0 bridgehead atoms. The van der Waals surface area contributed by atoms with Crippen LogP contribution in [-0.2, 0) is 15.0 Å². The average Bonchev–Trinajstić information content (AvgIpc) is 2.99. The van der Waals surface area contributed by atoms with Gasteiger partial charge in [0.25, 0.3) is 10.2 Å². The lowest BCUT2D eigenvalue weighted by atomic mass is 9.68. The number of hydrogen-bond donors (Lipinski definition) is 1. The van der Waals surface area contributed by atoms with Crippen LogP contribution in [0.25, 0.3) is 0 Å². The van der Waals surface area contributed by atoms with Gasteiger partial charge in [-0.2, -0.15) is 17.0 Å². The molecule has 0 amide bonds. The van der Waals surface area contributed by atoms with Gasteiger partial charge in [-0.1, -0.05) is 19.3 Å². The lowest BCUT2D eigenvalue weighted by Crippen LogP contribution is -2.49. The van der Waals surface area contributed by atoms with E-state index in [1.54, 1.807) is 4.31 Å². The first-order chi connectivity index (χ1) is 10.4. The highest BCUT2D eigenvalue weighted by atomic mass is 32.2. The Kier molecular flexibility index (Phi) is 4.49. The van der Waals surface area contributed by atoms with E-state index in [0.717, 1.165) is 12.8 Å². The van der Waals surface area contributed by atoms with Gasteiger partial charge in [-0.05, 0) is 37.5 Å². The van der Waals surface area contributed by atoms with E-state index in [-0.39, 0.29) is 6.54 Å². The maximum atomic E-state index is 12.7. The molecule has 3 rings (SSSR count). The highest BCUT2D eigenvalue weighted by Gasteiger charge is 2.42. The van der Waals surface area contributed by atoms with Crippen LogP contribution >= 0.6 is 0 Å². The quantitative estimate of drug-likeness (QED) is 0.854. The second-order valence-electron chi connectivity index (χ2n) is 7.15. The fraction of sp³-hybridized carbons (Fsp3) is 0.933. The van der Waals surface area contributed by atoms with Gasteiger partial charge in [-0.3, -0.25) is 4.79 Å². The Labute approximate surface area is 132 Å². The Bertz CT molecular complexity index is 518. The molecule has 1 spiro atoms. The molecule has 2 heterocycles. The lowest BCUT2D eigenvalue weighted by molar-refractivity contribution is -0.141. The van der Waals surface area contributed by atoms with Crippen molar-refractivity contribution >= 4 is 16.2 Å². The van der Waals surface area contributed by atoms with Crippen molar-refractivity contribution < 1.29 is 18.3 Å². The Morgan fingerprint density at radius 2 is 1.59 bits per heavy atom. The summed E-state index contributed by atoms with van der Waals surface area (Å²) in [6.45, 7) is 1.65. The summed E-state index contributed by atoms with van der Waals surface area (Å²) in [6, 6.07) is 0. The van der Waals surface area contributed by atoms with E-state index in [2.05, 4.69) is 0 Å². The summed E-state index contributed by atoms with van der Waals surface area (Å²) in [7, 11) is -3.48. The molecule has 7 heteroatoms. The predicted molar refractivity (Wildman–Crippen MR) is 82.6 cm³/mol. The van der Waals surface area contributed by atoms with E-state index >= 15 is 0 Å². The van der Waals surface area contributed by atoms with Gasteiger partial charge in [-0.15, -0.1) is 0 Å². The number of aliphatic carboxylic acids is 1. The van der Waals surface area contributed by atoms with Crippen molar-refractivity contribution in [2.24, 2.45) is 11.3 Å². The second-order valence-corrected chi connectivity index (χ2v) is 9.08. The Balaban J connectivity index is 1.61. The molecule has 6 nitrogen and oxygen atoms in total. The lowest BCUT2D eigenvalue weighted by Gasteiger charge is -2.44. The third-order valence-corrected chi connectivity index (χ3v) is 7.85. The zero-order chi connectivity index (χ0) is 15.8. The van der Waals surface area contributed by atoms with E-state index in [1.165, 1.54) is 36.4 Å². The van der Waals surface area contributed by atoms with Crippen LogP contribution in [0.1, 0.15) is 51.4 Å². The van der Waals surface area contributed by atoms with Gasteiger partial charge in [0, 0.05) is 26.2 Å². The van der Waals surface area contributed by atoms with Crippen molar-refractivity contribution in [2.45, 2.75) is 51.4 Å². The minimum Gasteiger partial charge on any atom is -0.481 e. The van der Waals surface area contributed by atoms with Crippen molar-refractivity contribution in [3.05, 3.63) is 0 Å². The molecular formula is C15H26N2O4S. The van der Waals surface area contributed by atoms with Gasteiger partial charge in [-0.25, -0.2) is 0 Å². The molecule has 0 radical (unpaired) electrons. The molecule has 3 fully saturated rings. The molecule has 0 aromatic heterocycles. The molecule has 1 aliphatic carbocycles. The van der Waals surface area contributed by atoms with Crippen molar-refractivity contribution in [3.8, 4) is 0 Å². The highest BCUT2D eigenvalue weighted by Crippen LogP contribution is 2.45. The van der Waals surface area contributed by atoms with E-state index in [9.17, 15) is 13.2 Å². The summed E-state index contributed by atoms with van der Waals surface area (Å²) in [5.41, 5.74) is 0.374. The monoisotopic (exact) mass is 330 g/mol. The maximum absolute atomic E-state index is 12.7. The van der Waals surface area contributed by atoms with Crippen LogP contribution in [0.4, 0.5) is 0 Å². The first-order valence-corrected chi connectivity index (χ1v) is 9.81. The average molecular weight is 330 g/mol. The SMILES string of the molecule is O=C(O)C1CCN(S(=O)(=O)N2CCC3(CCCCC3)CC2)C1. The molecule has 1 unspecified atom stereocenters. The Morgan fingerprint density at radius 3 is 2.14 bits per heavy atom. The minimum absolute atomic E-state index is 0.124. The summed E-state index contributed by atoms with van der Waals surface area (Å²) < 4.78 is 28.3. The molecule has 1 N–H and O–H groups in total. The van der Waals surface area contributed by atoms with E-state index in [4.69, 9.17) is 5.11 Å². The molecule has 1 atom stereocenters. The van der Waals surface area contributed by atoms with Crippen LogP contribution in [0.5, 0.6) is 0 Å². The summed E-state index contributed by atoms with van der Waals surface area (Å²) in [6.07, 6.45) is 8.70. The molecule has 22 heavy (non-hydrogen) atoms. The van der Waals surface area contributed by atoms with Gasteiger partial charge >= 0.3 is 5.97 Å². The third-order valence-electron chi connectivity index (χ3n) is 5.85. The van der Waals surface area contributed by atoms with Gasteiger partial charge in [0.1, 0.15) is 0 Å². The fourth-order valence-electron chi connectivity index (χ4n) is 4.30. The molecule has 2 saturated heterocycles. The maximum Gasteiger partial charge on any atom is 0.307 e. The van der Waals surface area contributed by atoms with Gasteiger partial charge in [0.05, 0.1) is 5.92 Å². The zero-order valence-electron chi connectivity index (χ0n) is 13.0. The van der Waals surface area contributed by atoms with Crippen LogP contribution < -0.4 is 0 Å². The van der Waals surface area contributed by atoms with Crippen LogP contribution in [0, 0.1) is 11.3 Å². The van der Waals surface area contributed by atoms with Crippen LogP contribution in [0.2, 0.25) is 0 Å². The van der Waals surface area contributed by atoms with Gasteiger partial charge in [0.2, 0.25) is 0 Å². The summed E-state index contributed by atoms with van der Waals surface area (Å²) in [4.78, 5) is 11.0. The minimum atomic E-state index is -3.48. The zero-order valence-corrected chi connectivity index (χ0v) is 13.9. The molecule has 0 aromatic rings. The smallest absolute Gasteiger partial charge is 0.307 e. The van der Waals surface area contributed by atoms with Gasteiger partial charge < -0.3 is 5.11 Å². The molecular weight excluding hydrogens is 304 g/mol. The fourth-order valence-corrected chi connectivity index (χ4v) is 5.97. The van der Waals surface area contributed by atoms with Crippen molar-refractivity contribution in [1.82, 2.24) is 8.61 Å². The standard InChI is InChI=1S/C15H26N2O4S/c18-14(19)13-4-9-17(12-13)22(20,21)16-10-7-15(8-11-16)5-2-1-3-6-15/h13H,1-12H2,(H,18,19). The summed E-state index contributed by atoms with van der Waals surface area (Å²) >= 11 is 0. The number of carboxylic acid groups (broad SMARTS) is 1. The number of carboxylic acids is 1. The van der Waals surface area contributed by atoms with Crippen LogP contribution in [0.15, 0.2) is 0 Å². The summed E-state index contributed by atoms with van der Waals surface area (Å²) in [5.74, 6) is -1.44. The first-order valence-electron chi connectivity index (χ1n) is 8.41. The predicted octanol–water partition coefficient (Wildman–Crippen LogP) is 1.68. The Morgan fingerprint density at radius 1 is 0.955 bits per heavy atom. The topological polar surface area (TPSA) is 77.9 Å². The largest absolute Gasteiger partial charge is 0.481 e. The number of carbonyl (C=O) groups is 1. The molecule has 0 aromatic carbocycles. The number of piperidine rings is 1. The molecule has 3 aliphatic rings. The van der Waals surface area contributed by atoms with Crippen LogP contribution in [0.3, 0.4) is 0 Å². The normalized spacial score (nSPS) is 30.6. The summed E-state index contributed by atoms with van der Waals surface area (Å²) in [5, 5.41) is 9.04. The van der Waals surface area contributed by atoms with Crippen LogP contribution in [-0.4, -0.2) is 54.3 Å². The molecule has 2 aliphatic heterocycles. The van der Waals surface area contributed by atoms with E-state index in [0.29, 0.717) is 31.5 Å². The highest BCUT2D eigenvalue weighted by molar-refractivity contribution is 7.86. The van der Waals surface area contributed by atoms with Crippen molar-refractivity contribution in [3.63, 3.8) is 0 Å². The van der Waals surface area contributed by atoms with Crippen molar-refractivity contribution in [1.29, 1.82) is 0 Å². The number of hydrogen-bond acceptors (Lipinski definition) is 3. The first kappa shape index (κ1) is 16.2. The van der Waals surface area contributed by atoms with E-state index in [1.807, 2.05) is 0 Å². The number of nitrogens with zero attached hydrogens (tertiary/aromatic N) is 2. The molecule has 126 valence electrons. The Hall–Kier alpha value is -0.660. The van der Waals surface area contributed by atoms with Gasteiger partial charge in [0.15, 0.2) is 0 Å². The van der Waals surface area contributed by atoms with Crippen molar-refractivity contribution in [2.75, 3.05) is 26.2 Å². The second kappa shape index (κ2) is 6.09. The molecule has 1 saturated carbocycles. The van der Waals surface area contributed by atoms with E-state index < -0.39 is 22.1 Å². The third kappa shape index (κ3) is 3.03. The number of rotatable bonds is 3.